The van der Waals surface area contributed by atoms with E-state index in [0.29, 0.717) is 24.6 Å². The van der Waals surface area contributed by atoms with Crippen LogP contribution in [0.4, 0.5) is 5.00 Å². The summed E-state index contributed by atoms with van der Waals surface area (Å²) >= 11 is 1.31. The van der Waals surface area contributed by atoms with Crippen molar-refractivity contribution in [2.75, 3.05) is 25.5 Å². The van der Waals surface area contributed by atoms with Gasteiger partial charge in [-0.1, -0.05) is 18.2 Å². The maximum atomic E-state index is 12.4. The van der Waals surface area contributed by atoms with Gasteiger partial charge in [-0.2, -0.15) is 4.37 Å². The Kier molecular flexibility index (Phi) is 4.29. The van der Waals surface area contributed by atoms with Crippen molar-refractivity contribution in [3.8, 4) is 5.75 Å². The SMILES string of the molecule is CNc1snc(C)c1C(=O)NC[C@H]1COc2ccccc2C1. The predicted molar refractivity (Wildman–Crippen MR) is 87.9 cm³/mol. The van der Waals surface area contributed by atoms with E-state index in [1.54, 1.807) is 7.05 Å². The zero-order valence-corrected chi connectivity index (χ0v) is 13.5. The molecule has 5 nitrogen and oxygen atoms in total. The fourth-order valence-electron chi connectivity index (χ4n) is 2.66. The highest BCUT2D eigenvalue weighted by Crippen LogP contribution is 2.27. The molecule has 0 radical (unpaired) electrons. The second-order valence-electron chi connectivity index (χ2n) is 5.42. The first-order valence-corrected chi connectivity index (χ1v) is 8.09. The maximum Gasteiger partial charge on any atom is 0.256 e. The molecule has 1 aromatic carbocycles. The first-order chi connectivity index (χ1) is 10.7. The molecule has 3 rings (SSSR count). The third-order valence-corrected chi connectivity index (χ3v) is 4.78. The highest BCUT2D eigenvalue weighted by molar-refractivity contribution is 7.10. The molecule has 0 spiro atoms. The van der Waals surface area contributed by atoms with Crippen LogP contribution in [0.1, 0.15) is 21.6 Å². The van der Waals surface area contributed by atoms with E-state index >= 15 is 0 Å². The third kappa shape index (κ3) is 2.92. The molecule has 1 atom stereocenters. The van der Waals surface area contributed by atoms with E-state index in [0.717, 1.165) is 22.9 Å². The standard InChI is InChI=1S/C16H19N3O2S/c1-10-14(16(17-2)22-19-10)15(20)18-8-11-7-12-5-3-4-6-13(12)21-9-11/h3-6,11,17H,7-9H2,1-2H3,(H,18,20)/t11-/m0/s1. The minimum atomic E-state index is -0.0746. The largest absolute Gasteiger partial charge is 0.493 e. The number of carbonyl (C=O) groups is 1. The number of hydrogen-bond acceptors (Lipinski definition) is 5. The van der Waals surface area contributed by atoms with Gasteiger partial charge in [-0.3, -0.25) is 4.79 Å². The number of nitrogens with one attached hydrogen (secondary N) is 2. The minimum absolute atomic E-state index is 0.0746. The Labute approximate surface area is 133 Å². The Morgan fingerprint density at radius 2 is 2.27 bits per heavy atom. The van der Waals surface area contributed by atoms with E-state index < -0.39 is 0 Å². The Hall–Kier alpha value is -2.08. The van der Waals surface area contributed by atoms with Gasteiger partial charge in [0, 0.05) is 19.5 Å². The molecule has 0 bridgehead atoms. The molecule has 0 fully saturated rings. The summed E-state index contributed by atoms with van der Waals surface area (Å²) in [5.41, 5.74) is 2.61. The quantitative estimate of drug-likeness (QED) is 0.909. The topological polar surface area (TPSA) is 63.2 Å². The molecule has 22 heavy (non-hydrogen) atoms. The zero-order valence-electron chi connectivity index (χ0n) is 12.7. The summed E-state index contributed by atoms with van der Waals surface area (Å²) < 4.78 is 9.98. The summed E-state index contributed by atoms with van der Waals surface area (Å²) in [5, 5.41) is 6.83. The Morgan fingerprint density at radius 3 is 3.09 bits per heavy atom. The summed E-state index contributed by atoms with van der Waals surface area (Å²) in [5.74, 6) is 1.18. The summed E-state index contributed by atoms with van der Waals surface area (Å²) in [6.07, 6.45) is 0.927. The van der Waals surface area contributed by atoms with Crippen LogP contribution in [0.15, 0.2) is 24.3 Å². The molecule has 0 saturated carbocycles. The molecule has 2 N–H and O–H groups in total. The molecule has 116 valence electrons. The van der Waals surface area contributed by atoms with Crippen LogP contribution < -0.4 is 15.4 Å². The Bertz CT molecular complexity index is 684. The number of aryl methyl sites for hydroxylation is 1. The molecule has 0 unspecified atom stereocenters. The third-order valence-electron chi connectivity index (χ3n) is 3.82. The summed E-state index contributed by atoms with van der Waals surface area (Å²) in [6, 6.07) is 8.06. The van der Waals surface area contributed by atoms with Crippen molar-refractivity contribution in [3.63, 3.8) is 0 Å². The summed E-state index contributed by atoms with van der Waals surface area (Å²) in [4.78, 5) is 12.4. The van der Waals surface area contributed by atoms with Gasteiger partial charge in [-0.05, 0) is 36.5 Å². The fraction of sp³-hybridized carbons (Fsp3) is 0.375. The highest BCUT2D eigenvalue weighted by atomic mass is 32.1. The average Bonchev–Trinajstić information content (AvgIpc) is 2.93. The van der Waals surface area contributed by atoms with Crippen LogP contribution >= 0.6 is 11.5 Å². The lowest BCUT2D eigenvalue weighted by atomic mass is 9.96. The summed E-state index contributed by atoms with van der Waals surface area (Å²) in [7, 11) is 1.80. The number of ether oxygens (including phenoxy) is 1. The van der Waals surface area contributed by atoms with Crippen LogP contribution in [0.2, 0.25) is 0 Å². The normalized spacial score (nSPS) is 16.5. The maximum absolute atomic E-state index is 12.4. The van der Waals surface area contributed by atoms with Crippen LogP contribution in [-0.2, 0) is 6.42 Å². The van der Waals surface area contributed by atoms with Gasteiger partial charge in [-0.25, -0.2) is 0 Å². The van der Waals surface area contributed by atoms with Crippen LogP contribution in [0.5, 0.6) is 5.75 Å². The average molecular weight is 317 g/mol. The molecular formula is C16H19N3O2S. The number of rotatable bonds is 4. The van der Waals surface area contributed by atoms with Gasteiger partial charge in [0.25, 0.3) is 5.91 Å². The summed E-state index contributed by atoms with van der Waals surface area (Å²) in [6.45, 7) is 3.09. The smallest absolute Gasteiger partial charge is 0.256 e. The number of nitrogens with zero attached hydrogens (tertiary/aromatic N) is 1. The van der Waals surface area contributed by atoms with Crippen LogP contribution in [0.25, 0.3) is 0 Å². The second kappa shape index (κ2) is 6.36. The molecule has 1 amide bonds. The molecule has 2 heterocycles. The van der Waals surface area contributed by atoms with Gasteiger partial charge < -0.3 is 15.4 Å². The van der Waals surface area contributed by atoms with Crippen LogP contribution in [-0.4, -0.2) is 30.5 Å². The van der Waals surface area contributed by atoms with Crippen molar-refractivity contribution in [2.24, 2.45) is 5.92 Å². The molecular weight excluding hydrogens is 298 g/mol. The van der Waals surface area contributed by atoms with E-state index in [9.17, 15) is 4.79 Å². The minimum Gasteiger partial charge on any atom is -0.493 e. The number of benzene rings is 1. The van der Waals surface area contributed by atoms with Crippen molar-refractivity contribution >= 4 is 22.4 Å². The number of anilines is 1. The van der Waals surface area contributed by atoms with Gasteiger partial charge in [-0.15, -0.1) is 0 Å². The van der Waals surface area contributed by atoms with E-state index in [4.69, 9.17) is 4.74 Å². The van der Waals surface area contributed by atoms with Crippen molar-refractivity contribution in [3.05, 3.63) is 41.1 Å². The van der Waals surface area contributed by atoms with Crippen LogP contribution in [0.3, 0.4) is 0 Å². The zero-order chi connectivity index (χ0) is 15.5. The van der Waals surface area contributed by atoms with Gasteiger partial charge in [0.15, 0.2) is 0 Å². The van der Waals surface area contributed by atoms with Crippen molar-refractivity contribution in [1.29, 1.82) is 0 Å². The molecule has 6 heteroatoms. The van der Waals surface area contributed by atoms with Gasteiger partial charge in [0.1, 0.15) is 10.8 Å². The lowest BCUT2D eigenvalue weighted by Crippen LogP contribution is -2.35. The molecule has 2 aromatic rings. The Morgan fingerprint density at radius 1 is 1.45 bits per heavy atom. The predicted octanol–water partition coefficient (Wildman–Crippen LogP) is 2.47. The number of hydrogen-bond donors (Lipinski definition) is 2. The van der Waals surface area contributed by atoms with Crippen molar-refractivity contribution in [1.82, 2.24) is 9.69 Å². The molecule has 1 aliphatic rings. The van der Waals surface area contributed by atoms with Gasteiger partial charge >= 0.3 is 0 Å². The first kappa shape index (κ1) is 14.8. The number of fused-ring (bicyclic) bond motifs is 1. The van der Waals surface area contributed by atoms with Crippen molar-refractivity contribution < 1.29 is 9.53 Å². The van der Waals surface area contributed by atoms with E-state index in [1.165, 1.54) is 17.1 Å². The molecule has 1 aliphatic heterocycles. The molecule has 1 aromatic heterocycles. The van der Waals surface area contributed by atoms with Gasteiger partial charge in [0.2, 0.25) is 0 Å². The van der Waals surface area contributed by atoms with Crippen molar-refractivity contribution in [2.45, 2.75) is 13.3 Å². The lowest BCUT2D eigenvalue weighted by molar-refractivity contribution is 0.0939. The second-order valence-corrected chi connectivity index (χ2v) is 6.19. The molecule has 0 aliphatic carbocycles. The number of amides is 1. The number of carbonyl (C=O) groups excluding carboxylic acids is 1. The van der Waals surface area contributed by atoms with E-state index in [2.05, 4.69) is 21.1 Å². The lowest BCUT2D eigenvalue weighted by Gasteiger charge is -2.25. The highest BCUT2D eigenvalue weighted by Gasteiger charge is 2.22. The number of aromatic nitrogens is 1. The van der Waals surface area contributed by atoms with Crippen LogP contribution in [0, 0.1) is 12.8 Å². The number of para-hydroxylation sites is 1. The van der Waals surface area contributed by atoms with E-state index in [-0.39, 0.29) is 5.91 Å². The monoisotopic (exact) mass is 317 g/mol. The van der Waals surface area contributed by atoms with E-state index in [1.807, 2.05) is 25.1 Å². The van der Waals surface area contributed by atoms with Gasteiger partial charge in [0.05, 0.1) is 17.9 Å². The fourth-order valence-corrected chi connectivity index (χ4v) is 3.40. The Balaban J connectivity index is 1.62. The molecule has 0 saturated heterocycles. The first-order valence-electron chi connectivity index (χ1n) is 7.32.